The molecule has 0 spiro atoms. The number of fused-ring (bicyclic) bond motifs is 1. The average Bonchev–Trinajstić information content (AvgIpc) is 2.91. The van der Waals surface area contributed by atoms with Gasteiger partial charge in [-0.05, 0) is 32.9 Å². The van der Waals surface area contributed by atoms with E-state index < -0.39 is 0 Å². The molecule has 0 amide bonds. The number of nitrogens with zero attached hydrogens (tertiary/aromatic N) is 2. The van der Waals surface area contributed by atoms with Crippen molar-refractivity contribution in [3.63, 3.8) is 0 Å². The topological polar surface area (TPSA) is 37.8 Å². The monoisotopic (exact) mass is 289 g/mol. The molecule has 0 radical (unpaired) electrons. The van der Waals surface area contributed by atoms with Crippen LogP contribution in [0.3, 0.4) is 0 Å². The molecule has 0 saturated carbocycles. The van der Waals surface area contributed by atoms with Crippen LogP contribution in [0.2, 0.25) is 0 Å². The Bertz CT molecular complexity index is 674. The largest absolute Gasteiger partial charge is 0.357 e. The van der Waals surface area contributed by atoms with Crippen LogP contribution in [-0.2, 0) is 0 Å². The number of aromatic nitrogens is 2. The van der Waals surface area contributed by atoms with Crippen LogP contribution in [0, 0.1) is 0 Å². The van der Waals surface area contributed by atoms with Gasteiger partial charge in [-0.25, -0.2) is 9.97 Å². The zero-order chi connectivity index (χ0) is 13.5. The first-order valence-corrected chi connectivity index (χ1v) is 7.80. The van der Waals surface area contributed by atoms with E-state index in [1.54, 1.807) is 22.7 Å². The molecule has 19 heavy (non-hydrogen) atoms. The van der Waals surface area contributed by atoms with Gasteiger partial charge in [0.1, 0.15) is 10.7 Å². The minimum absolute atomic E-state index is 0.0305. The zero-order valence-corrected chi connectivity index (χ0v) is 12.7. The first kappa shape index (κ1) is 12.6. The van der Waals surface area contributed by atoms with E-state index in [1.807, 2.05) is 18.2 Å². The van der Waals surface area contributed by atoms with Crippen molar-refractivity contribution in [3.05, 3.63) is 29.6 Å². The number of nitrogens with one attached hydrogen (secondary N) is 1. The standard InChI is InChI=1S/C14H15N3S2/c1-14(2,3)17-13-16-10(8-18-13)12-15-9-6-4-5-7-11(9)19-12/h4-8H,1-3H3,(H,16,17). The van der Waals surface area contributed by atoms with E-state index in [4.69, 9.17) is 0 Å². The smallest absolute Gasteiger partial charge is 0.183 e. The Morgan fingerprint density at radius 3 is 2.63 bits per heavy atom. The number of anilines is 1. The summed E-state index contributed by atoms with van der Waals surface area (Å²) in [6.07, 6.45) is 0. The molecule has 2 heterocycles. The van der Waals surface area contributed by atoms with Gasteiger partial charge in [0.05, 0.1) is 10.2 Å². The predicted octanol–water partition coefficient (Wildman–Crippen LogP) is 4.63. The Balaban J connectivity index is 1.94. The maximum absolute atomic E-state index is 4.63. The van der Waals surface area contributed by atoms with Gasteiger partial charge >= 0.3 is 0 Å². The SMILES string of the molecule is CC(C)(C)Nc1nc(-c2nc3ccccc3s2)cs1. The fourth-order valence-corrected chi connectivity index (χ4v) is 3.64. The third-order valence-corrected chi connectivity index (χ3v) is 4.32. The van der Waals surface area contributed by atoms with Crippen LogP contribution >= 0.6 is 22.7 Å². The molecule has 3 rings (SSSR count). The molecular formula is C14H15N3S2. The second kappa shape index (κ2) is 4.58. The summed E-state index contributed by atoms with van der Waals surface area (Å²) < 4.78 is 1.20. The Morgan fingerprint density at radius 2 is 1.89 bits per heavy atom. The summed E-state index contributed by atoms with van der Waals surface area (Å²) in [5.41, 5.74) is 2.03. The quantitative estimate of drug-likeness (QED) is 0.747. The van der Waals surface area contributed by atoms with E-state index in [2.05, 4.69) is 47.5 Å². The molecule has 98 valence electrons. The molecule has 0 atom stereocenters. The van der Waals surface area contributed by atoms with Crippen molar-refractivity contribution in [2.75, 3.05) is 5.32 Å². The first-order chi connectivity index (χ1) is 9.01. The second-order valence-electron chi connectivity index (χ2n) is 5.40. The van der Waals surface area contributed by atoms with Gasteiger partial charge in [0.2, 0.25) is 0 Å². The summed E-state index contributed by atoms with van der Waals surface area (Å²) in [4.78, 5) is 9.24. The highest BCUT2D eigenvalue weighted by Gasteiger charge is 2.14. The molecule has 3 aromatic rings. The fourth-order valence-electron chi connectivity index (χ4n) is 1.73. The maximum Gasteiger partial charge on any atom is 0.183 e. The van der Waals surface area contributed by atoms with Crippen LogP contribution in [0.5, 0.6) is 0 Å². The lowest BCUT2D eigenvalue weighted by Gasteiger charge is -2.19. The second-order valence-corrected chi connectivity index (χ2v) is 7.29. The summed E-state index contributed by atoms with van der Waals surface area (Å²) in [5.74, 6) is 0. The highest BCUT2D eigenvalue weighted by molar-refractivity contribution is 7.22. The molecule has 3 nitrogen and oxygen atoms in total. The summed E-state index contributed by atoms with van der Waals surface area (Å²) >= 11 is 3.31. The van der Waals surface area contributed by atoms with Crippen molar-refractivity contribution in [2.24, 2.45) is 0 Å². The van der Waals surface area contributed by atoms with Crippen LogP contribution in [0.4, 0.5) is 5.13 Å². The summed E-state index contributed by atoms with van der Waals surface area (Å²) in [6, 6.07) is 8.19. The molecule has 1 aromatic carbocycles. The highest BCUT2D eigenvalue weighted by atomic mass is 32.1. The lowest BCUT2D eigenvalue weighted by molar-refractivity contribution is 0.633. The molecular weight excluding hydrogens is 274 g/mol. The minimum atomic E-state index is 0.0305. The number of para-hydroxylation sites is 1. The van der Waals surface area contributed by atoms with Crippen LogP contribution in [-0.4, -0.2) is 15.5 Å². The maximum atomic E-state index is 4.63. The summed E-state index contributed by atoms with van der Waals surface area (Å²) in [6.45, 7) is 6.39. The van der Waals surface area contributed by atoms with E-state index in [9.17, 15) is 0 Å². The minimum Gasteiger partial charge on any atom is -0.357 e. The molecule has 0 aliphatic heterocycles. The summed E-state index contributed by atoms with van der Waals surface area (Å²) in [5, 5.41) is 7.38. The Kier molecular flexibility index (Phi) is 3.03. The molecule has 0 fully saturated rings. The fraction of sp³-hybridized carbons (Fsp3) is 0.286. The number of hydrogen-bond donors (Lipinski definition) is 1. The van der Waals surface area contributed by atoms with Crippen LogP contribution in [0.15, 0.2) is 29.6 Å². The van der Waals surface area contributed by atoms with Crippen molar-refractivity contribution >= 4 is 38.0 Å². The van der Waals surface area contributed by atoms with Crippen molar-refractivity contribution < 1.29 is 0 Å². The van der Waals surface area contributed by atoms with E-state index in [0.29, 0.717) is 0 Å². The molecule has 0 unspecified atom stereocenters. The van der Waals surface area contributed by atoms with Gasteiger partial charge in [0, 0.05) is 10.9 Å². The number of hydrogen-bond acceptors (Lipinski definition) is 5. The highest BCUT2D eigenvalue weighted by Crippen LogP contribution is 2.32. The van der Waals surface area contributed by atoms with Gasteiger partial charge < -0.3 is 5.32 Å². The van der Waals surface area contributed by atoms with Crippen LogP contribution < -0.4 is 5.32 Å². The van der Waals surface area contributed by atoms with Crippen LogP contribution in [0.1, 0.15) is 20.8 Å². The molecule has 0 aliphatic carbocycles. The Morgan fingerprint density at radius 1 is 1.11 bits per heavy atom. The molecule has 5 heteroatoms. The Hall–Kier alpha value is -1.46. The van der Waals surface area contributed by atoms with Gasteiger partial charge in [0.25, 0.3) is 0 Å². The van der Waals surface area contributed by atoms with E-state index in [1.165, 1.54) is 4.70 Å². The van der Waals surface area contributed by atoms with E-state index in [0.717, 1.165) is 21.3 Å². The average molecular weight is 289 g/mol. The van der Waals surface area contributed by atoms with Crippen molar-refractivity contribution in [3.8, 4) is 10.7 Å². The molecule has 0 saturated heterocycles. The van der Waals surface area contributed by atoms with Gasteiger partial charge in [-0.1, -0.05) is 12.1 Å². The van der Waals surface area contributed by atoms with Gasteiger partial charge in [-0.15, -0.1) is 22.7 Å². The van der Waals surface area contributed by atoms with Crippen LogP contribution in [0.25, 0.3) is 20.9 Å². The number of rotatable bonds is 2. The van der Waals surface area contributed by atoms with Crippen molar-refractivity contribution in [1.29, 1.82) is 0 Å². The lowest BCUT2D eigenvalue weighted by Crippen LogP contribution is -2.25. The molecule has 0 bridgehead atoms. The van der Waals surface area contributed by atoms with Crippen molar-refractivity contribution in [2.45, 2.75) is 26.3 Å². The first-order valence-electron chi connectivity index (χ1n) is 6.11. The van der Waals surface area contributed by atoms with Crippen molar-refractivity contribution in [1.82, 2.24) is 9.97 Å². The third kappa shape index (κ3) is 2.77. The van der Waals surface area contributed by atoms with Gasteiger partial charge in [0.15, 0.2) is 5.13 Å². The lowest BCUT2D eigenvalue weighted by atomic mass is 10.1. The van der Waals surface area contributed by atoms with E-state index in [-0.39, 0.29) is 5.54 Å². The van der Waals surface area contributed by atoms with Gasteiger partial charge in [-0.2, -0.15) is 0 Å². The Labute approximate surface area is 120 Å². The normalized spacial score (nSPS) is 11.9. The van der Waals surface area contributed by atoms with E-state index >= 15 is 0 Å². The molecule has 0 aliphatic rings. The third-order valence-electron chi connectivity index (χ3n) is 2.50. The molecule has 1 N–H and O–H groups in total. The number of benzene rings is 1. The zero-order valence-electron chi connectivity index (χ0n) is 11.1. The predicted molar refractivity (Wildman–Crippen MR) is 84.1 cm³/mol. The summed E-state index contributed by atoms with van der Waals surface area (Å²) in [7, 11) is 0. The molecule has 2 aromatic heterocycles. The van der Waals surface area contributed by atoms with Gasteiger partial charge in [-0.3, -0.25) is 0 Å². The number of thiazole rings is 2.